The Morgan fingerprint density at radius 3 is 2.47 bits per heavy atom. The van der Waals surface area contributed by atoms with Crippen LogP contribution < -0.4 is 10.6 Å². The molecule has 0 fully saturated rings. The van der Waals surface area contributed by atoms with E-state index in [-0.39, 0.29) is 5.56 Å². The third kappa shape index (κ3) is 2.73. The number of rotatable bonds is 1. The van der Waals surface area contributed by atoms with Crippen LogP contribution in [-0.4, -0.2) is 19.0 Å². The average molecular weight is 214 g/mol. The molecule has 0 saturated heterocycles. The molecule has 80 valence electrons. The van der Waals surface area contributed by atoms with Crippen molar-refractivity contribution in [1.82, 2.24) is 10.6 Å². The van der Waals surface area contributed by atoms with Crippen LogP contribution in [0.25, 0.3) is 0 Å². The molecule has 4 nitrogen and oxygen atoms in total. The van der Waals surface area contributed by atoms with Crippen molar-refractivity contribution in [2.45, 2.75) is 0 Å². The van der Waals surface area contributed by atoms with Gasteiger partial charge in [-0.3, -0.25) is 10.1 Å². The minimum Gasteiger partial charge on any atom is -0.341 e. The van der Waals surface area contributed by atoms with Crippen molar-refractivity contribution in [3.05, 3.63) is 35.4 Å². The summed E-state index contributed by atoms with van der Waals surface area (Å²) in [6.07, 6.45) is 0. The van der Waals surface area contributed by atoms with Gasteiger partial charge in [-0.2, -0.15) is 0 Å². The molecule has 3 amide bonds. The number of benzene rings is 1. The maximum atomic E-state index is 13.0. The molecule has 0 heterocycles. The summed E-state index contributed by atoms with van der Waals surface area (Å²) in [4.78, 5) is 21.9. The van der Waals surface area contributed by atoms with E-state index in [1.165, 1.54) is 7.05 Å². The van der Waals surface area contributed by atoms with Crippen molar-refractivity contribution in [3.8, 4) is 0 Å². The van der Waals surface area contributed by atoms with Gasteiger partial charge in [-0.1, -0.05) is 0 Å². The van der Waals surface area contributed by atoms with Gasteiger partial charge in [0.15, 0.2) is 0 Å². The van der Waals surface area contributed by atoms with Crippen LogP contribution in [0.2, 0.25) is 0 Å². The summed E-state index contributed by atoms with van der Waals surface area (Å²) in [5.41, 5.74) is -0.389. The minimum atomic E-state index is -1.02. The first-order valence-electron chi connectivity index (χ1n) is 4.02. The summed E-state index contributed by atoms with van der Waals surface area (Å²) in [5, 5.41) is 3.98. The zero-order valence-corrected chi connectivity index (χ0v) is 7.80. The molecule has 0 bridgehead atoms. The van der Waals surface area contributed by atoms with Crippen LogP contribution in [0.4, 0.5) is 13.6 Å². The predicted octanol–water partition coefficient (Wildman–Crippen LogP) is 1.03. The monoisotopic (exact) mass is 214 g/mol. The Morgan fingerprint density at radius 2 is 1.93 bits per heavy atom. The highest BCUT2D eigenvalue weighted by Crippen LogP contribution is 2.08. The van der Waals surface area contributed by atoms with E-state index < -0.39 is 23.6 Å². The Hall–Kier alpha value is -1.98. The van der Waals surface area contributed by atoms with Gasteiger partial charge in [-0.25, -0.2) is 13.6 Å². The van der Waals surface area contributed by atoms with Gasteiger partial charge in [0.2, 0.25) is 0 Å². The quantitative estimate of drug-likeness (QED) is 0.733. The maximum absolute atomic E-state index is 13.0. The van der Waals surface area contributed by atoms with Gasteiger partial charge in [0, 0.05) is 13.1 Å². The number of hydrogen-bond donors (Lipinski definition) is 2. The Kier molecular flexibility index (Phi) is 3.33. The molecule has 1 rings (SSSR count). The normalized spacial score (nSPS) is 9.53. The first-order valence-corrected chi connectivity index (χ1v) is 4.02. The lowest BCUT2D eigenvalue weighted by molar-refractivity contribution is 0.0960. The van der Waals surface area contributed by atoms with Gasteiger partial charge in [0.05, 0.1) is 5.56 Å². The van der Waals surface area contributed by atoms with Crippen LogP contribution in [0.5, 0.6) is 0 Å². The summed E-state index contributed by atoms with van der Waals surface area (Å²) in [7, 11) is 1.31. The van der Waals surface area contributed by atoms with E-state index in [0.717, 1.165) is 12.1 Å². The van der Waals surface area contributed by atoms with E-state index in [1.807, 2.05) is 5.32 Å². The average Bonchev–Trinajstić information content (AvgIpc) is 2.17. The second-order valence-corrected chi connectivity index (χ2v) is 2.66. The SMILES string of the molecule is CNC(=O)NC(=O)c1ccc(F)cc1F. The molecular formula is C9H8F2N2O2. The fourth-order valence-corrected chi connectivity index (χ4v) is 0.907. The number of halogens is 2. The van der Waals surface area contributed by atoms with Gasteiger partial charge >= 0.3 is 6.03 Å². The molecule has 0 spiro atoms. The van der Waals surface area contributed by atoms with E-state index in [0.29, 0.717) is 6.07 Å². The Balaban J connectivity index is 2.87. The highest BCUT2D eigenvalue weighted by atomic mass is 19.1. The van der Waals surface area contributed by atoms with E-state index in [9.17, 15) is 18.4 Å². The van der Waals surface area contributed by atoms with E-state index >= 15 is 0 Å². The number of amides is 3. The number of imide groups is 1. The summed E-state index contributed by atoms with van der Waals surface area (Å²) in [5.74, 6) is -2.73. The van der Waals surface area contributed by atoms with E-state index in [2.05, 4.69) is 5.32 Å². The molecule has 0 aliphatic carbocycles. The molecule has 1 aromatic rings. The van der Waals surface area contributed by atoms with Crippen molar-refractivity contribution in [2.75, 3.05) is 7.05 Å². The van der Waals surface area contributed by atoms with Gasteiger partial charge < -0.3 is 5.32 Å². The van der Waals surface area contributed by atoms with Crippen LogP contribution in [0.15, 0.2) is 18.2 Å². The highest BCUT2D eigenvalue weighted by molar-refractivity contribution is 6.04. The van der Waals surface area contributed by atoms with Crippen LogP contribution in [0.3, 0.4) is 0 Å². The van der Waals surface area contributed by atoms with Gasteiger partial charge in [-0.15, -0.1) is 0 Å². The second kappa shape index (κ2) is 4.50. The molecule has 6 heteroatoms. The molecular weight excluding hydrogens is 206 g/mol. The van der Waals surface area contributed by atoms with Crippen LogP contribution >= 0.6 is 0 Å². The van der Waals surface area contributed by atoms with Gasteiger partial charge in [-0.05, 0) is 12.1 Å². The van der Waals surface area contributed by atoms with Crippen molar-refractivity contribution in [3.63, 3.8) is 0 Å². The predicted molar refractivity (Wildman–Crippen MR) is 48.3 cm³/mol. The summed E-state index contributed by atoms with van der Waals surface area (Å²) in [6.45, 7) is 0. The summed E-state index contributed by atoms with van der Waals surface area (Å²) in [6, 6.07) is 1.70. The lowest BCUT2D eigenvalue weighted by atomic mass is 10.2. The first kappa shape index (κ1) is 11.1. The molecule has 2 N–H and O–H groups in total. The smallest absolute Gasteiger partial charge is 0.321 e. The number of nitrogens with one attached hydrogen (secondary N) is 2. The lowest BCUT2D eigenvalue weighted by Crippen LogP contribution is -2.37. The molecule has 0 aliphatic heterocycles. The van der Waals surface area contributed by atoms with Crippen molar-refractivity contribution in [2.24, 2.45) is 0 Å². The topological polar surface area (TPSA) is 58.2 Å². The molecule has 0 atom stereocenters. The van der Waals surface area contributed by atoms with Crippen LogP contribution in [0, 0.1) is 11.6 Å². The first-order chi connectivity index (χ1) is 7.04. The standard InChI is InChI=1S/C9H8F2N2O2/c1-12-9(15)13-8(14)6-3-2-5(10)4-7(6)11/h2-4H,1H3,(H2,12,13,14,15). The third-order valence-electron chi connectivity index (χ3n) is 1.63. The van der Waals surface area contributed by atoms with Crippen molar-refractivity contribution in [1.29, 1.82) is 0 Å². The minimum absolute atomic E-state index is 0.389. The van der Waals surface area contributed by atoms with Crippen molar-refractivity contribution < 1.29 is 18.4 Å². The molecule has 0 radical (unpaired) electrons. The fourth-order valence-electron chi connectivity index (χ4n) is 0.907. The fraction of sp³-hybridized carbons (Fsp3) is 0.111. The largest absolute Gasteiger partial charge is 0.341 e. The molecule has 0 unspecified atom stereocenters. The van der Waals surface area contributed by atoms with E-state index in [1.54, 1.807) is 0 Å². The van der Waals surface area contributed by atoms with Gasteiger partial charge in [0.25, 0.3) is 5.91 Å². The van der Waals surface area contributed by atoms with Crippen LogP contribution in [-0.2, 0) is 0 Å². The molecule has 0 aromatic heterocycles. The summed E-state index contributed by atoms with van der Waals surface area (Å²) < 4.78 is 25.5. The lowest BCUT2D eigenvalue weighted by Gasteiger charge is -2.03. The number of carbonyl (C=O) groups excluding carboxylic acids is 2. The highest BCUT2D eigenvalue weighted by Gasteiger charge is 2.14. The molecule has 15 heavy (non-hydrogen) atoms. The molecule has 1 aromatic carbocycles. The van der Waals surface area contributed by atoms with Crippen molar-refractivity contribution >= 4 is 11.9 Å². The zero-order valence-electron chi connectivity index (χ0n) is 7.80. The number of urea groups is 1. The Labute approximate surface area is 84.3 Å². The van der Waals surface area contributed by atoms with Crippen LogP contribution in [0.1, 0.15) is 10.4 Å². The maximum Gasteiger partial charge on any atom is 0.321 e. The number of carbonyl (C=O) groups is 2. The summed E-state index contributed by atoms with van der Waals surface area (Å²) >= 11 is 0. The van der Waals surface area contributed by atoms with Gasteiger partial charge in [0.1, 0.15) is 11.6 Å². The second-order valence-electron chi connectivity index (χ2n) is 2.66. The third-order valence-corrected chi connectivity index (χ3v) is 1.63. The van der Waals surface area contributed by atoms with E-state index in [4.69, 9.17) is 0 Å². The Bertz CT molecular complexity index is 407. The Morgan fingerprint density at radius 1 is 1.27 bits per heavy atom. The molecule has 0 saturated carbocycles. The molecule has 0 aliphatic rings. The zero-order chi connectivity index (χ0) is 11.4. The number of hydrogen-bond acceptors (Lipinski definition) is 2.